The number of hydrogen-bond donors (Lipinski definition) is 1. The molecule has 0 aromatic carbocycles. The molecule has 52 heavy (non-hydrogen) atoms. The maximum absolute atomic E-state index is 11.4. The van der Waals surface area contributed by atoms with Gasteiger partial charge in [-0.1, -0.05) is 35.3 Å². The minimum atomic E-state index is -0.642. The van der Waals surface area contributed by atoms with Crippen LogP contribution in [0, 0.1) is 20.2 Å². The average Bonchev–Trinajstić information content (AvgIpc) is 3.69. The third kappa shape index (κ3) is 10.5. The fourth-order valence-corrected chi connectivity index (χ4v) is 6.41. The van der Waals surface area contributed by atoms with Crippen molar-refractivity contribution in [3.63, 3.8) is 0 Å². The van der Waals surface area contributed by atoms with Crippen LogP contribution in [0.1, 0.15) is 57.6 Å². The van der Waals surface area contributed by atoms with E-state index in [0.29, 0.717) is 74.1 Å². The molecule has 4 aliphatic heterocycles. The fraction of sp³-hybridized carbons (Fsp3) is 0.469. The van der Waals surface area contributed by atoms with Gasteiger partial charge in [-0.3, -0.25) is 34.6 Å². The van der Waals surface area contributed by atoms with E-state index in [4.69, 9.17) is 27.9 Å². The fourth-order valence-electron chi connectivity index (χ4n) is 6.18. The SMILES string of the molecule is CC(=O)OC(C)=O.CC(=O)OC1CCC([N+](=O)[O-])=C2N(Cc3ccc(Cl)nc3)CCN21.O=[N+]([O-])C1=C2N(Cc3ccc(Cl)nc3)CCN2C(O)CC1. The zero-order valence-corrected chi connectivity index (χ0v) is 30.2. The van der Waals surface area contributed by atoms with E-state index in [1.807, 2.05) is 26.8 Å². The van der Waals surface area contributed by atoms with Gasteiger partial charge in [0.15, 0.2) is 17.9 Å². The predicted molar refractivity (Wildman–Crippen MR) is 183 cm³/mol. The summed E-state index contributed by atoms with van der Waals surface area (Å²) in [6.07, 6.45) is 3.61. The van der Waals surface area contributed by atoms with Gasteiger partial charge in [0.25, 0.3) is 11.4 Å². The number of aliphatic hydroxyl groups excluding tert-OH is 1. The van der Waals surface area contributed by atoms with Crippen molar-refractivity contribution in [3.8, 4) is 0 Å². The van der Waals surface area contributed by atoms with Crippen molar-refractivity contribution in [1.29, 1.82) is 0 Å². The lowest BCUT2D eigenvalue weighted by Gasteiger charge is -2.34. The average molecular weight is 766 g/mol. The molecule has 20 heteroatoms. The summed E-state index contributed by atoms with van der Waals surface area (Å²) in [5.41, 5.74) is 2.18. The normalized spacial score (nSPS) is 19.1. The lowest BCUT2D eigenvalue weighted by atomic mass is 10.1. The Morgan fingerprint density at radius 1 is 0.769 bits per heavy atom. The molecule has 2 fully saturated rings. The first-order valence-electron chi connectivity index (χ1n) is 16.2. The van der Waals surface area contributed by atoms with E-state index >= 15 is 0 Å². The molecule has 2 saturated heterocycles. The van der Waals surface area contributed by atoms with Gasteiger partial charge in [0.1, 0.15) is 16.5 Å². The monoisotopic (exact) mass is 764 g/mol. The summed E-state index contributed by atoms with van der Waals surface area (Å²) in [5.74, 6) is -0.439. The third-order valence-corrected chi connectivity index (χ3v) is 8.66. The van der Waals surface area contributed by atoms with Crippen molar-refractivity contribution in [1.82, 2.24) is 29.6 Å². The van der Waals surface area contributed by atoms with E-state index in [1.165, 1.54) is 20.8 Å². The summed E-state index contributed by atoms with van der Waals surface area (Å²) in [5, 5.41) is 33.5. The van der Waals surface area contributed by atoms with E-state index in [9.17, 15) is 39.7 Å². The number of nitro groups is 2. The first-order chi connectivity index (χ1) is 24.6. The molecular weight excluding hydrogens is 727 g/mol. The highest BCUT2D eigenvalue weighted by Crippen LogP contribution is 2.35. The molecule has 4 aliphatic rings. The molecule has 0 spiro atoms. The van der Waals surface area contributed by atoms with Crippen LogP contribution in [0.4, 0.5) is 0 Å². The van der Waals surface area contributed by atoms with Crippen molar-refractivity contribution in [2.75, 3.05) is 26.2 Å². The summed E-state index contributed by atoms with van der Waals surface area (Å²) >= 11 is 11.5. The minimum Gasteiger partial charge on any atom is -0.442 e. The van der Waals surface area contributed by atoms with Crippen LogP contribution in [0.2, 0.25) is 10.3 Å². The van der Waals surface area contributed by atoms with E-state index in [-0.39, 0.29) is 40.1 Å². The van der Waals surface area contributed by atoms with Crippen LogP contribution in [0.25, 0.3) is 0 Å². The van der Waals surface area contributed by atoms with Gasteiger partial charge in [0.05, 0.1) is 9.85 Å². The van der Waals surface area contributed by atoms with Crippen LogP contribution in [-0.2, 0) is 36.9 Å². The number of rotatable bonds is 7. The van der Waals surface area contributed by atoms with Crippen molar-refractivity contribution in [3.05, 3.63) is 101 Å². The Balaban J connectivity index is 0.000000198. The second-order valence-corrected chi connectivity index (χ2v) is 12.7. The molecule has 0 aliphatic carbocycles. The van der Waals surface area contributed by atoms with E-state index in [1.54, 1.807) is 29.4 Å². The number of ether oxygens (including phenoxy) is 2. The molecular formula is C32H38Cl2N8O10. The molecule has 6 rings (SSSR count). The molecule has 18 nitrogen and oxygen atoms in total. The number of hydrogen-bond acceptors (Lipinski definition) is 16. The van der Waals surface area contributed by atoms with Gasteiger partial charge in [0.2, 0.25) is 0 Å². The van der Waals surface area contributed by atoms with Crippen LogP contribution < -0.4 is 0 Å². The molecule has 2 atom stereocenters. The summed E-state index contributed by atoms with van der Waals surface area (Å²) in [6.45, 7) is 7.14. The number of esters is 3. The molecule has 1 N–H and O–H groups in total. The van der Waals surface area contributed by atoms with Gasteiger partial charge in [-0.25, -0.2) is 9.97 Å². The lowest BCUT2D eigenvalue weighted by Crippen LogP contribution is -2.41. The maximum Gasteiger partial charge on any atom is 0.310 e. The van der Waals surface area contributed by atoms with Crippen LogP contribution in [0.15, 0.2) is 59.7 Å². The Bertz CT molecular complexity index is 1710. The largest absolute Gasteiger partial charge is 0.442 e. The Kier molecular flexibility index (Phi) is 13.7. The molecule has 6 heterocycles. The molecule has 0 saturated carbocycles. The number of pyridine rings is 2. The Labute approximate surface area is 308 Å². The number of nitrogens with zero attached hydrogens (tertiary/aromatic N) is 8. The van der Waals surface area contributed by atoms with Crippen LogP contribution >= 0.6 is 23.2 Å². The first-order valence-corrected chi connectivity index (χ1v) is 16.9. The zero-order chi connectivity index (χ0) is 38.1. The smallest absolute Gasteiger partial charge is 0.310 e. The van der Waals surface area contributed by atoms with Gasteiger partial charge in [0, 0.05) is 98.1 Å². The minimum absolute atomic E-state index is 0.165. The van der Waals surface area contributed by atoms with E-state index in [0.717, 1.165) is 11.1 Å². The van der Waals surface area contributed by atoms with Crippen LogP contribution in [0.5, 0.6) is 0 Å². The highest BCUT2D eigenvalue weighted by Gasteiger charge is 2.43. The Morgan fingerprint density at radius 3 is 1.63 bits per heavy atom. The molecule has 2 unspecified atom stereocenters. The van der Waals surface area contributed by atoms with Gasteiger partial charge in [-0.15, -0.1) is 0 Å². The molecule has 0 radical (unpaired) electrons. The Hall–Kier alpha value is -5.07. The van der Waals surface area contributed by atoms with E-state index in [2.05, 4.69) is 14.7 Å². The topological polar surface area (TPSA) is 215 Å². The zero-order valence-electron chi connectivity index (χ0n) is 28.6. The van der Waals surface area contributed by atoms with E-state index < -0.39 is 24.4 Å². The van der Waals surface area contributed by atoms with Crippen LogP contribution in [0.3, 0.4) is 0 Å². The lowest BCUT2D eigenvalue weighted by molar-refractivity contribution is -0.433. The van der Waals surface area contributed by atoms with Gasteiger partial charge < -0.3 is 34.2 Å². The molecule has 280 valence electrons. The van der Waals surface area contributed by atoms with Crippen molar-refractivity contribution < 1.29 is 38.8 Å². The third-order valence-electron chi connectivity index (χ3n) is 8.21. The summed E-state index contributed by atoms with van der Waals surface area (Å²) in [6, 6.07) is 7.08. The van der Waals surface area contributed by atoms with Crippen molar-refractivity contribution in [2.24, 2.45) is 0 Å². The van der Waals surface area contributed by atoms with Crippen LogP contribution in [-0.4, -0.2) is 101 Å². The van der Waals surface area contributed by atoms with Crippen molar-refractivity contribution in [2.45, 2.75) is 72.0 Å². The number of carbonyl (C=O) groups is 3. The summed E-state index contributed by atoms with van der Waals surface area (Å²) in [7, 11) is 0. The van der Waals surface area contributed by atoms with Crippen molar-refractivity contribution >= 4 is 41.1 Å². The first kappa shape index (κ1) is 39.7. The molecule has 0 bridgehead atoms. The number of halogens is 2. The van der Waals surface area contributed by atoms with Gasteiger partial charge in [-0.05, 0) is 23.3 Å². The Morgan fingerprint density at radius 2 is 1.23 bits per heavy atom. The second-order valence-electron chi connectivity index (χ2n) is 12.0. The number of carbonyl (C=O) groups excluding carboxylic acids is 3. The number of allylic oxidation sites excluding steroid dienone is 2. The summed E-state index contributed by atoms with van der Waals surface area (Å²) < 4.78 is 9.29. The number of aromatic nitrogens is 2. The van der Waals surface area contributed by atoms with Gasteiger partial charge in [-0.2, -0.15) is 0 Å². The quantitative estimate of drug-likeness (QED) is 0.140. The highest BCUT2D eigenvalue weighted by molar-refractivity contribution is 6.29. The predicted octanol–water partition coefficient (Wildman–Crippen LogP) is 3.49. The molecule has 2 aromatic heterocycles. The standard InChI is InChI=1S/C15H17ClN4O4.C13H15ClN4O3.C4H6O3/c1-10(21)24-14-5-3-12(20(22)23)15-18(6-7-19(14)15)9-11-2-4-13(16)17-8-11;14-11-3-1-9(7-15-11)8-16-5-6-17-12(19)4-2-10(13(16)17)18(20)21;1-3(5)7-4(2)6/h2,4,8,14H,3,5-7,9H2,1H3;1,3,7,12,19H,2,4-6,8H2;1-2H3. The molecule has 2 aromatic rings. The summed E-state index contributed by atoms with van der Waals surface area (Å²) in [4.78, 5) is 68.3. The van der Waals surface area contributed by atoms with Gasteiger partial charge >= 0.3 is 17.9 Å². The maximum atomic E-state index is 11.4. The second kappa shape index (κ2) is 17.9. The molecule has 0 amide bonds. The number of fused-ring (bicyclic) bond motifs is 2. The number of aliphatic hydroxyl groups is 1. The highest BCUT2D eigenvalue weighted by atomic mass is 35.5.